The number of unbranched alkanes of at least 4 members (excludes halogenated alkanes) is 2. The molecule has 3 amide bonds. The van der Waals surface area contributed by atoms with Crippen molar-refractivity contribution in [2.45, 2.75) is 84.0 Å². The smallest absolute Gasteiger partial charge is 0.651 e. The number of carbonyl (C=O) groups is 6. The van der Waals surface area contributed by atoms with E-state index in [1.807, 2.05) is 0 Å². The Bertz CT molecular complexity index is 1020. The van der Waals surface area contributed by atoms with Gasteiger partial charge in [0.25, 0.3) is 0 Å². The van der Waals surface area contributed by atoms with Crippen molar-refractivity contribution in [3.63, 3.8) is 0 Å². The number of amides is 3. The Morgan fingerprint density at radius 1 is 0.905 bits per heavy atom. The number of carbonyl (C=O) groups excluding carboxylic acids is 6. The van der Waals surface area contributed by atoms with Crippen molar-refractivity contribution in [2.75, 3.05) is 26.3 Å². The second kappa shape index (κ2) is 25.4. The maximum atomic E-state index is 12.4. The van der Waals surface area contributed by atoms with Gasteiger partial charge in [-0.2, -0.15) is 0 Å². The molecule has 0 saturated heterocycles. The second-order valence-electron chi connectivity index (χ2n) is 10.1. The molecule has 0 aliphatic heterocycles. The largest absolute Gasteiger partial charge is 1.00 e. The molecule has 1 aromatic carbocycles. The normalized spacial score (nSPS) is 14.1. The topological polar surface area (TPSA) is 152 Å². The zero-order chi connectivity index (χ0) is 29.2. The van der Waals surface area contributed by atoms with Gasteiger partial charge in [0.15, 0.2) is 0 Å². The molecule has 1 fully saturated rings. The van der Waals surface area contributed by atoms with Gasteiger partial charge in [-0.25, -0.2) is 0 Å². The first-order valence-electron chi connectivity index (χ1n) is 14.2. The first kappa shape index (κ1) is 42.2. The average molecular weight is 727 g/mol. The molecule has 0 aromatic heterocycles. The van der Waals surface area contributed by atoms with Gasteiger partial charge in [-0.3, -0.25) is 14.4 Å². The van der Waals surface area contributed by atoms with E-state index < -0.39 is 24.2 Å². The predicted octanol–water partition coefficient (Wildman–Crippen LogP) is -1.55. The molecule has 1 unspecified atom stereocenters. The fraction of sp³-hybridized carbons (Fsp3) is 0.600. The van der Waals surface area contributed by atoms with Gasteiger partial charge in [-0.15, -0.1) is 12.2 Å². The first-order chi connectivity index (χ1) is 19.2. The van der Waals surface area contributed by atoms with E-state index in [2.05, 4.69) is 16.0 Å². The molecule has 1 N–H and O–H groups in total. The molecule has 12 heteroatoms. The summed E-state index contributed by atoms with van der Waals surface area (Å²) in [6.45, 7) is 2.86. The maximum absolute atomic E-state index is 12.4. The molecule has 0 radical (unpaired) electrons. The number of Topliss-reactive ketones (excluding diaryl/α,β-unsaturated/α-hetero) is 3. The summed E-state index contributed by atoms with van der Waals surface area (Å²) in [5.41, 5.74) is 1.13. The van der Waals surface area contributed by atoms with Crippen LogP contribution in [-0.2, 0) is 39.9 Å². The minimum atomic E-state index is -0.615. The summed E-state index contributed by atoms with van der Waals surface area (Å²) in [5, 5.41) is 10.5. The molecule has 42 heavy (non-hydrogen) atoms. The standard InChI is InChI=1S/C30H43N3O7.2Rb/c1-22(34)8-3-2-6-16-31-28(37)11-7-18-40-19-17-32-29(38)21-30(39)33-24-14-12-23(13-15-24)20-27(36)25-9-4-5-10-26(25)35;;/h12-15,25H,2-11,16-21H2,1H3,(H3,31,32,33,37,38,39);;/q;2*+1/p-2. The van der Waals surface area contributed by atoms with E-state index in [9.17, 15) is 28.8 Å². The summed E-state index contributed by atoms with van der Waals surface area (Å²) in [7, 11) is 0. The molecule has 1 saturated carbocycles. The monoisotopic (exact) mass is 725 g/mol. The van der Waals surface area contributed by atoms with E-state index in [0.717, 1.165) is 37.7 Å². The third-order valence-corrected chi connectivity index (χ3v) is 6.56. The van der Waals surface area contributed by atoms with Crippen molar-refractivity contribution in [2.24, 2.45) is 5.92 Å². The molecular formula is C30H41N3O7Rb2. The third-order valence-electron chi connectivity index (χ3n) is 6.56. The summed E-state index contributed by atoms with van der Waals surface area (Å²) < 4.78 is 5.39. The molecular weight excluding hydrogens is 685 g/mol. The molecule has 0 spiro atoms. The third kappa shape index (κ3) is 19.6. The van der Waals surface area contributed by atoms with Gasteiger partial charge in [-0.1, -0.05) is 37.1 Å². The predicted molar refractivity (Wildman–Crippen MR) is 150 cm³/mol. The zero-order valence-corrected chi connectivity index (χ0v) is 35.3. The van der Waals surface area contributed by atoms with E-state index in [-0.39, 0.29) is 159 Å². The van der Waals surface area contributed by atoms with Crippen molar-refractivity contribution in [3.8, 4) is 0 Å². The number of hydrogen-bond acceptors (Lipinski definition) is 7. The van der Waals surface area contributed by atoms with E-state index >= 15 is 0 Å². The van der Waals surface area contributed by atoms with E-state index in [0.29, 0.717) is 50.9 Å². The SMILES string of the molecule is CC(=O)CCCCCNC(=O)CCCOCC[N-]C(=O)CC(=O)[N-]c1ccc(CC(=O)C2CCCCC2=O)cc1.[Rb+].[Rb+]. The van der Waals surface area contributed by atoms with Gasteiger partial charge in [0.05, 0.1) is 17.7 Å². The van der Waals surface area contributed by atoms with Crippen molar-refractivity contribution in [1.29, 1.82) is 0 Å². The summed E-state index contributed by atoms with van der Waals surface area (Å²) in [4.78, 5) is 71.1. The van der Waals surface area contributed by atoms with Crippen LogP contribution in [0.25, 0.3) is 10.6 Å². The van der Waals surface area contributed by atoms with Crippen LogP contribution < -0.4 is 122 Å². The molecule has 1 aliphatic carbocycles. The fourth-order valence-electron chi connectivity index (χ4n) is 4.37. The molecule has 1 aromatic rings. The average Bonchev–Trinajstić information content (AvgIpc) is 2.91. The summed E-state index contributed by atoms with van der Waals surface area (Å²) in [6, 6.07) is 6.61. The summed E-state index contributed by atoms with van der Waals surface area (Å²) in [5.74, 6) is -1.60. The van der Waals surface area contributed by atoms with Crippen molar-refractivity contribution in [1.82, 2.24) is 5.32 Å². The Hall–Kier alpha value is 0.210. The van der Waals surface area contributed by atoms with Crippen LogP contribution in [0.1, 0.15) is 83.1 Å². The fourth-order valence-corrected chi connectivity index (χ4v) is 4.37. The van der Waals surface area contributed by atoms with Gasteiger partial charge < -0.3 is 35.1 Å². The Labute approximate surface area is 347 Å². The van der Waals surface area contributed by atoms with Crippen LogP contribution in [0.5, 0.6) is 0 Å². The molecule has 10 nitrogen and oxygen atoms in total. The maximum Gasteiger partial charge on any atom is 1.00 e. The molecule has 0 bridgehead atoms. The van der Waals surface area contributed by atoms with E-state index in [1.54, 1.807) is 31.2 Å². The van der Waals surface area contributed by atoms with Crippen LogP contribution in [0, 0.1) is 5.92 Å². The molecule has 0 heterocycles. The first-order valence-corrected chi connectivity index (χ1v) is 14.2. The number of ether oxygens (including phenoxy) is 1. The van der Waals surface area contributed by atoms with Crippen molar-refractivity contribution in [3.05, 3.63) is 40.5 Å². The number of benzene rings is 1. The second-order valence-corrected chi connectivity index (χ2v) is 10.1. The van der Waals surface area contributed by atoms with Gasteiger partial charge in [0.2, 0.25) is 5.91 Å². The van der Waals surface area contributed by atoms with Gasteiger partial charge in [-0.05, 0) is 44.6 Å². The van der Waals surface area contributed by atoms with Crippen LogP contribution in [-0.4, -0.2) is 61.4 Å². The van der Waals surface area contributed by atoms with Gasteiger partial charge in [0, 0.05) is 51.9 Å². The van der Waals surface area contributed by atoms with Gasteiger partial charge in [0.1, 0.15) is 17.3 Å². The molecule has 1 aliphatic rings. The Morgan fingerprint density at radius 2 is 1.64 bits per heavy atom. The quantitative estimate of drug-likeness (QED) is 0.134. The number of ketones is 3. The summed E-state index contributed by atoms with van der Waals surface area (Å²) in [6.07, 6.45) is 6.64. The van der Waals surface area contributed by atoms with Crippen LogP contribution >= 0.6 is 0 Å². The van der Waals surface area contributed by atoms with E-state index in [4.69, 9.17) is 4.74 Å². The van der Waals surface area contributed by atoms with Crippen LogP contribution in [0.15, 0.2) is 24.3 Å². The number of nitrogens with zero attached hydrogens (tertiary/aromatic N) is 2. The minimum absolute atomic E-state index is 0. The van der Waals surface area contributed by atoms with Gasteiger partial charge >= 0.3 is 116 Å². The van der Waals surface area contributed by atoms with Crippen LogP contribution in [0.3, 0.4) is 0 Å². The molecule has 1 atom stereocenters. The van der Waals surface area contributed by atoms with Crippen molar-refractivity contribution < 1.29 is 150 Å². The number of hydrogen-bond donors (Lipinski definition) is 1. The Kier molecular flexibility index (Phi) is 25.5. The van der Waals surface area contributed by atoms with Crippen LogP contribution in [0.2, 0.25) is 0 Å². The number of nitrogens with one attached hydrogen (secondary N) is 1. The molecule has 220 valence electrons. The molecule has 2 rings (SSSR count). The Morgan fingerprint density at radius 3 is 2.33 bits per heavy atom. The Balaban J connectivity index is 0.00000840. The zero-order valence-electron chi connectivity index (χ0n) is 25.5. The summed E-state index contributed by atoms with van der Waals surface area (Å²) >= 11 is 0. The van der Waals surface area contributed by atoms with E-state index in [1.165, 1.54) is 0 Å². The van der Waals surface area contributed by atoms with Crippen molar-refractivity contribution >= 4 is 40.8 Å². The van der Waals surface area contributed by atoms with Crippen LogP contribution in [0.4, 0.5) is 5.69 Å². The number of rotatable bonds is 19. The minimum Gasteiger partial charge on any atom is -0.651 e.